The molecule has 2 unspecified atom stereocenters. The SMILES string of the molecule is C=CCC12CCCN1C(C(C)(C)C)OC2=O. The molecule has 90 valence electrons. The summed E-state index contributed by atoms with van der Waals surface area (Å²) >= 11 is 0. The lowest BCUT2D eigenvalue weighted by molar-refractivity contribution is -0.149. The van der Waals surface area contributed by atoms with Crippen molar-refractivity contribution >= 4 is 5.97 Å². The van der Waals surface area contributed by atoms with Gasteiger partial charge in [0.2, 0.25) is 0 Å². The van der Waals surface area contributed by atoms with Crippen LogP contribution in [-0.2, 0) is 9.53 Å². The fourth-order valence-corrected chi connectivity index (χ4v) is 2.92. The van der Waals surface area contributed by atoms with Gasteiger partial charge in [-0.05, 0) is 19.3 Å². The summed E-state index contributed by atoms with van der Waals surface area (Å²) < 4.78 is 5.59. The fraction of sp³-hybridized carbons (Fsp3) is 0.769. The van der Waals surface area contributed by atoms with Gasteiger partial charge in [-0.25, -0.2) is 4.79 Å². The molecular weight excluding hydrogens is 202 g/mol. The molecule has 3 heteroatoms. The minimum Gasteiger partial charge on any atom is -0.444 e. The van der Waals surface area contributed by atoms with Crippen molar-refractivity contribution in [2.24, 2.45) is 5.41 Å². The van der Waals surface area contributed by atoms with Crippen LogP contribution < -0.4 is 0 Å². The largest absolute Gasteiger partial charge is 0.444 e. The van der Waals surface area contributed by atoms with E-state index in [9.17, 15) is 4.79 Å². The molecule has 2 aliphatic rings. The summed E-state index contributed by atoms with van der Waals surface area (Å²) in [5, 5.41) is 0. The summed E-state index contributed by atoms with van der Waals surface area (Å²) in [5.74, 6) is -0.0511. The van der Waals surface area contributed by atoms with Crippen LogP contribution in [0.4, 0.5) is 0 Å². The third-order valence-corrected chi connectivity index (χ3v) is 3.64. The van der Waals surface area contributed by atoms with Crippen molar-refractivity contribution < 1.29 is 9.53 Å². The molecule has 0 aromatic carbocycles. The molecule has 2 heterocycles. The van der Waals surface area contributed by atoms with Gasteiger partial charge in [0.05, 0.1) is 0 Å². The average molecular weight is 223 g/mol. The van der Waals surface area contributed by atoms with Crippen LogP contribution in [0.15, 0.2) is 12.7 Å². The number of hydrogen-bond donors (Lipinski definition) is 0. The van der Waals surface area contributed by atoms with E-state index in [1.165, 1.54) is 0 Å². The van der Waals surface area contributed by atoms with Crippen molar-refractivity contribution in [3.05, 3.63) is 12.7 Å². The summed E-state index contributed by atoms with van der Waals surface area (Å²) in [4.78, 5) is 14.4. The van der Waals surface area contributed by atoms with Gasteiger partial charge < -0.3 is 4.74 Å². The molecule has 0 spiro atoms. The highest BCUT2D eigenvalue weighted by Crippen LogP contribution is 2.45. The molecule has 3 nitrogen and oxygen atoms in total. The number of fused-ring (bicyclic) bond motifs is 1. The Bertz CT molecular complexity index is 318. The van der Waals surface area contributed by atoms with Crippen molar-refractivity contribution in [1.82, 2.24) is 4.90 Å². The van der Waals surface area contributed by atoms with E-state index in [1.54, 1.807) is 0 Å². The first-order valence-corrected chi connectivity index (χ1v) is 6.00. The van der Waals surface area contributed by atoms with Crippen molar-refractivity contribution in [3.8, 4) is 0 Å². The van der Waals surface area contributed by atoms with E-state index in [0.29, 0.717) is 6.42 Å². The Hall–Kier alpha value is -0.830. The van der Waals surface area contributed by atoms with Crippen LogP contribution in [0.2, 0.25) is 0 Å². The van der Waals surface area contributed by atoms with E-state index in [1.807, 2.05) is 6.08 Å². The lowest BCUT2D eigenvalue weighted by Gasteiger charge is -2.35. The first-order valence-electron chi connectivity index (χ1n) is 6.00. The monoisotopic (exact) mass is 223 g/mol. The summed E-state index contributed by atoms with van der Waals surface area (Å²) in [7, 11) is 0. The Balaban J connectivity index is 2.32. The van der Waals surface area contributed by atoms with Crippen LogP contribution in [0.3, 0.4) is 0 Å². The second-order valence-corrected chi connectivity index (χ2v) is 5.95. The first kappa shape index (κ1) is 11.6. The van der Waals surface area contributed by atoms with Crippen molar-refractivity contribution in [1.29, 1.82) is 0 Å². The predicted octanol–water partition coefficient (Wildman–Crippen LogP) is 2.33. The number of rotatable bonds is 2. The van der Waals surface area contributed by atoms with Gasteiger partial charge in [0.1, 0.15) is 5.54 Å². The van der Waals surface area contributed by atoms with E-state index in [-0.39, 0.29) is 17.6 Å². The molecule has 2 rings (SSSR count). The van der Waals surface area contributed by atoms with E-state index >= 15 is 0 Å². The minimum atomic E-state index is -0.403. The minimum absolute atomic E-state index is 0.0249. The summed E-state index contributed by atoms with van der Waals surface area (Å²) in [6.45, 7) is 11.1. The number of hydrogen-bond acceptors (Lipinski definition) is 3. The third-order valence-electron chi connectivity index (χ3n) is 3.64. The molecule has 2 atom stereocenters. The number of nitrogens with zero attached hydrogens (tertiary/aromatic N) is 1. The molecule has 0 N–H and O–H groups in total. The van der Waals surface area contributed by atoms with Crippen LogP contribution in [0.5, 0.6) is 0 Å². The van der Waals surface area contributed by atoms with Crippen LogP contribution in [-0.4, -0.2) is 29.2 Å². The van der Waals surface area contributed by atoms with E-state index < -0.39 is 5.54 Å². The average Bonchev–Trinajstić information content (AvgIpc) is 2.66. The molecule has 2 fully saturated rings. The van der Waals surface area contributed by atoms with Gasteiger partial charge in [-0.2, -0.15) is 0 Å². The van der Waals surface area contributed by atoms with Gasteiger partial charge in [-0.3, -0.25) is 4.90 Å². The van der Waals surface area contributed by atoms with E-state index in [2.05, 4.69) is 32.3 Å². The molecule has 0 aromatic heterocycles. The molecule has 2 saturated heterocycles. The zero-order valence-corrected chi connectivity index (χ0v) is 10.5. The summed E-state index contributed by atoms with van der Waals surface area (Å²) in [6.07, 6.45) is 4.45. The van der Waals surface area contributed by atoms with Crippen molar-refractivity contribution in [3.63, 3.8) is 0 Å². The molecule has 2 aliphatic heterocycles. The Kier molecular flexibility index (Phi) is 2.61. The maximum Gasteiger partial charge on any atom is 0.328 e. The molecule has 0 amide bonds. The second kappa shape index (κ2) is 3.59. The number of ether oxygens (including phenoxy) is 1. The van der Waals surface area contributed by atoms with Crippen molar-refractivity contribution in [2.45, 2.75) is 51.8 Å². The third kappa shape index (κ3) is 1.49. The Morgan fingerprint density at radius 3 is 2.88 bits per heavy atom. The number of esters is 1. The Labute approximate surface area is 97.5 Å². The van der Waals surface area contributed by atoms with Crippen LogP contribution in [0, 0.1) is 5.41 Å². The lowest BCUT2D eigenvalue weighted by atomic mass is 9.90. The Morgan fingerprint density at radius 1 is 1.62 bits per heavy atom. The quantitative estimate of drug-likeness (QED) is 0.531. The topological polar surface area (TPSA) is 29.5 Å². The Morgan fingerprint density at radius 2 is 2.31 bits per heavy atom. The first-order chi connectivity index (χ1) is 7.42. The highest BCUT2D eigenvalue weighted by molar-refractivity contribution is 5.83. The highest BCUT2D eigenvalue weighted by atomic mass is 16.6. The van der Waals surface area contributed by atoms with E-state index in [0.717, 1.165) is 19.4 Å². The zero-order chi connectivity index (χ0) is 12.0. The van der Waals surface area contributed by atoms with Gasteiger partial charge in [0, 0.05) is 12.0 Å². The lowest BCUT2D eigenvalue weighted by Crippen LogP contribution is -2.48. The zero-order valence-electron chi connectivity index (χ0n) is 10.5. The summed E-state index contributed by atoms with van der Waals surface area (Å²) in [6, 6.07) is 0. The smallest absolute Gasteiger partial charge is 0.328 e. The fourth-order valence-electron chi connectivity index (χ4n) is 2.92. The molecule has 0 saturated carbocycles. The van der Waals surface area contributed by atoms with Crippen molar-refractivity contribution in [2.75, 3.05) is 6.54 Å². The molecule has 16 heavy (non-hydrogen) atoms. The number of carbonyl (C=O) groups is 1. The standard InChI is InChI=1S/C13H21NO2/c1-5-7-13-8-6-9-14(13)10(12(2,3)4)16-11(13)15/h5,10H,1,6-9H2,2-4H3. The molecule has 0 radical (unpaired) electrons. The maximum absolute atomic E-state index is 12.1. The number of carbonyl (C=O) groups excluding carboxylic acids is 1. The van der Waals surface area contributed by atoms with Gasteiger partial charge in [0.25, 0.3) is 0 Å². The molecular formula is C13H21NO2. The van der Waals surface area contributed by atoms with Gasteiger partial charge in [0.15, 0.2) is 6.23 Å². The van der Waals surface area contributed by atoms with Gasteiger partial charge in [-0.1, -0.05) is 26.8 Å². The normalized spacial score (nSPS) is 34.9. The predicted molar refractivity (Wildman–Crippen MR) is 62.8 cm³/mol. The van der Waals surface area contributed by atoms with Crippen LogP contribution in [0.1, 0.15) is 40.0 Å². The summed E-state index contributed by atoms with van der Waals surface area (Å²) in [5.41, 5.74) is -0.428. The van der Waals surface area contributed by atoms with E-state index in [4.69, 9.17) is 4.74 Å². The van der Waals surface area contributed by atoms with Crippen LogP contribution >= 0.6 is 0 Å². The van der Waals surface area contributed by atoms with Gasteiger partial charge in [-0.15, -0.1) is 6.58 Å². The highest BCUT2D eigenvalue weighted by Gasteiger charge is 2.59. The number of cyclic esters (lactones) is 1. The molecule has 0 bridgehead atoms. The molecule has 0 aromatic rings. The van der Waals surface area contributed by atoms with Gasteiger partial charge >= 0.3 is 5.97 Å². The maximum atomic E-state index is 12.1. The molecule has 0 aliphatic carbocycles. The second-order valence-electron chi connectivity index (χ2n) is 5.95. The van der Waals surface area contributed by atoms with Crippen LogP contribution in [0.25, 0.3) is 0 Å².